The monoisotopic (exact) mass is 247 g/mol. The Kier molecular flexibility index (Phi) is 5.11. The van der Waals surface area contributed by atoms with Crippen LogP contribution in [0.4, 0.5) is 0 Å². The third-order valence-electron chi connectivity index (χ3n) is 2.34. The van der Waals surface area contributed by atoms with Gasteiger partial charge in [-0.2, -0.15) is 12.6 Å². The summed E-state index contributed by atoms with van der Waals surface area (Å²) in [5, 5.41) is 2.96. The van der Waals surface area contributed by atoms with E-state index in [0.717, 1.165) is 5.57 Å². The maximum absolute atomic E-state index is 11.5. The van der Waals surface area contributed by atoms with Crippen LogP contribution in [0.1, 0.15) is 20.3 Å². The van der Waals surface area contributed by atoms with Crippen molar-refractivity contribution in [2.24, 2.45) is 0 Å². The topological polar surface area (TPSA) is 29.1 Å². The van der Waals surface area contributed by atoms with Gasteiger partial charge in [-0.25, -0.2) is 0 Å². The average Bonchev–Trinajstić information content (AvgIpc) is 2.21. The van der Waals surface area contributed by atoms with Crippen LogP contribution in [0.3, 0.4) is 0 Å². The fraction of sp³-hybridized carbons (Fsp3) is 0.357. The van der Waals surface area contributed by atoms with Crippen molar-refractivity contribution in [3.05, 3.63) is 36.0 Å². The van der Waals surface area contributed by atoms with Crippen molar-refractivity contribution < 1.29 is 4.79 Å². The first-order valence-corrected chi connectivity index (χ1v) is 6.03. The molecule has 0 radical (unpaired) electrons. The second-order valence-corrected chi connectivity index (χ2v) is 4.77. The summed E-state index contributed by atoms with van der Waals surface area (Å²) in [6.07, 6.45) is 6.59. The number of amides is 1. The molecule has 2 atom stereocenters. The first-order valence-electron chi connectivity index (χ1n) is 5.52. The van der Waals surface area contributed by atoms with Crippen LogP contribution in [-0.4, -0.2) is 17.2 Å². The Morgan fingerprint density at radius 1 is 1.71 bits per heavy atom. The Morgan fingerprint density at radius 3 is 3.00 bits per heavy atom. The van der Waals surface area contributed by atoms with Gasteiger partial charge >= 0.3 is 0 Å². The highest BCUT2D eigenvalue weighted by molar-refractivity contribution is 7.81. The van der Waals surface area contributed by atoms with E-state index in [0.29, 0.717) is 12.0 Å². The molecule has 1 rings (SSSR count). The van der Waals surface area contributed by atoms with Crippen LogP contribution in [-0.2, 0) is 4.79 Å². The Labute approximate surface area is 108 Å². The van der Waals surface area contributed by atoms with Crippen molar-refractivity contribution in [1.29, 1.82) is 0 Å². The Bertz CT molecular complexity index is 435. The van der Waals surface area contributed by atoms with Gasteiger partial charge in [0.15, 0.2) is 0 Å². The molecule has 0 aliphatic heterocycles. The van der Waals surface area contributed by atoms with Crippen molar-refractivity contribution in [2.75, 3.05) is 0 Å². The first-order chi connectivity index (χ1) is 8.00. The summed E-state index contributed by atoms with van der Waals surface area (Å²) < 4.78 is 0. The van der Waals surface area contributed by atoms with Crippen LogP contribution in [0.5, 0.6) is 0 Å². The molecule has 0 heterocycles. The number of nitrogens with one attached hydrogen (secondary N) is 1. The molecule has 0 saturated carbocycles. The number of thiol groups is 1. The number of hydrogen-bond donors (Lipinski definition) is 2. The van der Waals surface area contributed by atoms with E-state index in [2.05, 4.69) is 42.4 Å². The van der Waals surface area contributed by atoms with E-state index in [4.69, 9.17) is 0 Å². The first kappa shape index (κ1) is 13.7. The smallest absolute Gasteiger partial charge is 0.247 e. The number of allylic oxidation sites excluding steroid dienone is 2. The van der Waals surface area contributed by atoms with E-state index < -0.39 is 0 Å². The van der Waals surface area contributed by atoms with Crippen LogP contribution < -0.4 is 5.32 Å². The molecule has 0 spiro atoms. The highest BCUT2D eigenvalue weighted by atomic mass is 32.1. The number of rotatable bonds is 3. The van der Waals surface area contributed by atoms with Gasteiger partial charge in [-0.15, -0.1) is 0 Å². The van der Waals surface area contributed by atoms with E-state index in [9.17, 15) is 4.79 Å². The SMILES string of the molecule is C=C(C)C(=O)NC1C#CCC=C([C@@H](C)S)C=C1. The Hall–Kier alpha value is -1.40. The quantitative estimate of drug-likeness (QED) is 0.447. The van der Waals surface area contributed by atoms with Crippen LogP contribution in [0.2, 0.25) is 0 Å². The normalized spacial score (nSPS) is 20.2. The van der Waals surface area contributed by atoms with Gasteiger partial charge in [0.2, 0.25) is 5.91 Å². The van der Waals surface area contributed by atoms with Crippen LogP contribution in [0, 0.1) is 11.8 Å². The van der Waals surface area contributed by atoms with Gasteiger partial charge in [0.1, 0.15) is 6.04 Å². The molecule has 1 aliphatic rings. The fourth-order valence-electron chi connectivity index (χ4n) is 1.32. The maximum atomic E-state index is 11.5. The van der Waals surface area contributed by atoms with Crippen molar-refractivity contribution in [1.82, 2.24) is 5.32 Å². The second kappa shape index (κ2) is 6.36. The number of carbonyl (C=O) groups is 1. The maximum Gasteiger partial charge on any atom is 0.247 e. The van der Waals surface area contributed by atoms with Crippen molar-refractivity contribution in [2.45, 2.75) is 31.6 Å². The molecule has 0 aromatic rings. The zero-order valence-electron chi connectivity index (χ0n) is 10.2. The van der Waals surface area contributed by atoms with Gasteiger partial charge in [-0.1, -0.05) is 30.6 Å². The lowest BCUT2D eigenvalue weighted by Crippen LogP contribution is -2.32. The van der Waals surface area contributed by atoms with Crippen LogP contribution >= 0.6 is 12.6 Å². The standard InChI is InChI=1S/C14H17NOS/c1-10(2)14(16)15-13-7-5-4-6-12(8-9-13)11(3)17/h6,8-9,11,13,17H,1,4H2,2-3H3,(H,15,16)/t11-,13?/m1/s1. The molecule has 0 aromatic heterocycles. The Morgan fingerprint density at radius 2 is 2.41 bits per heavy atom. The summed E-state index contributed by atoms with van der Waals surface area (Å²) in [5.74, 6) is 5.83. The summed E-state index contributed by atoms with van der Waals surface area (Å²) in [4.78, 5) is 11.5. The van der Waals surface area contributed by atoms with E-state index in [-0.39, 0.29) is 17.2 Å². The number of hydrogen-bond acceptors (Lipinski definition) is 2. The molecule has 1 unspecified atom stereocenters. The van der Waals surface area contributed by atoms with E-state index in [1.807, 2.05) is 19.1 Å². The molecule has 0 saturated heterocycles. The third kappa shape index (κ3) is 4.54. The van der Waals surface area contributed by atoms with Crippen molar-refractivity contribution >= 4 is 18.5 Å². The highest BCUT2D eigenvalue weighted by Gasteiger charge is 2.08. The third-order valence-corrected chi connectivity index (χ3v) is 2.63. The average molecular weight is 247 g/mol. The summed E-state index contributed by atoms with van der Waals surface area (Å²) in [6.45, 7) is 7.28. The predicted octanol–water partition coefficient (Wildman–Crippen LogP) is 2.26. The van der Waals surface area contributed by atoms with Gasteiger partial charge in [-0.05, 0) is 25.5 Å². The molecule has 1 N–H and O–H groups in total. The predicted molar refractivity (Wildman–Crippen MR) is 74.8 cm³/mol. The molecule has 1 amide bonds. The zero-order chi connectivity index (χ0) is 12.8. The molecular formula is C14H17NOS. The summed E-state index contributed by atoms with van der Waals surface area (Å²) in [6, 6.07) is -0.255. The molecule has 1 aliphatic carbocycles. The second-order valence-electron chi connectivity index (χ2n) is 4.00. The highest BCUT2D eigenvalue weighted by Crippen LogP contribution is 2.12. The summed E-state index contributed by atoms with van der Waals surface area (Å²) in [5.41, 5.74) is 1.61. The molecule has 0 fully saturated rings. The largest absolute Gasteiger partial charge is 0.335 e. The minimum atomic E-state index is -0.255. The minimum Gasteiger partial charge on any atom is -0.335 e. The summed E-state index contributed by atoms with van der Waals surface area (Å²) >= 11 is 4.39. The molecule has 0 bridgehead atoms. The van der Waals surface area contributed by atoms with Crippen LogP contribution in [0.15, 0.2) is 36.0 Å². The molecule has 2 nitrogen and oxygen atoms in total. The molecular weight excluding hydrogens is 230 g/mol. The molecule has 0 aromatic carbocycles. The van der Waals surface area contributed by atoms with Gasteiger partial charge in [-0.3, -0.25) is 4.79 Å². The molecule has 17 heavy (non-hydrogen) atoms. The lowest BCUT2D eigenvalue weighted by Gasteiger charge is -2.12. The van der Waals surface area contributed by atoms with Gasteiger partial charge in [0.25, 0.3) is 0 Å². The lowest BCUT2D eigenvalue weighted by molar-refractivity contribution is -0.117. The van der Waals surface area contributed by atoms with Gasteiger partial charge in [0.05, 0.1) is 0 Å². The van der Waals surface area contributed by atoms with Gasteiger partial charge in [0, 0.05) is 17.2 Å². The number of carbonyl (C=O) groups excluding carboxylic acids is 1. The van der Waals surface area contributed by atoms with E-state index >= 15 is 0 Å². The summed E-state index contributed by atoms with van der Waals surface area (Å²) in [7, 11) is 0. The van der Waals surface area contributed by atoms with Crippen molar-refractivity contribution in [3.63, 3.8) is 0 Å². The lowest BCUT2D eigenvalue weighted by atomic mass is 10.1. The van der Waals surface area contributed by atoms with Gasteiger partial charge < -0.3 is 5.32 Å². The fourth-order valence-corrected chi connectivity index (χ4v) is 1.51. The van der Waals surface area contributed by atoms with E-state index in [1.165, 1.54) is 0 Å². The zero-order valence-corrected chi connectivity index (χ0v) is 11.1. The Balaban J connectivity index is 2.76. The molecule has 3 heteroatoms. The molecule has 90 valence electrons. The van der Waals surface area contributed by atoms with Crippen molar-refractivity contribution in [3.8, 4) is 11.8 Å². The minimum absolute atomic E-state index is 0.168. The van der Waals surface area contributed by atoms with E-state index in [1.54, 1.807) is 6.92 Å². The van der Waals surface area contributed by atoms with Crippen LogP contribution in [0.25, 0.3) is 0 Å².